The van der Waals surface area contributed by atoms with Gasteiger partial charge in [0.2, 0.25) is 5.91 Å². The molecule has 3 rings (SSSR count). The first-order chi connectivity index (χ1) is 12.9. The zero-order valence-electron chi connectivity index (χ0n) is 15.9. The molecule has 0 atom stereocenters. The highest BCUT2D eigenvalue weighted by molar-refractivity contribution is 6.06. The molecule has 0 spiro atoms. The van der Waals surface area contributed by atoms with Crippen LogP contribution in [0.1, 0.15) is 44.1 Å². The molecule has 2 aromatic heterocycles. The zero-order valence-corrected chi connectivity index (χ0v) is 15.9. The number of carbonyl (C=O) groups is 2. The molecule has 2 N–H and O–H groups in total. The lowest BCUT2D eigenvalue weighted by Gasteiger charge is -2.12. The molecule has 1 aromatic carbocycles. The molecule has 7 nitrogen and oxygen atoms in total. The van der Waals surface area contributed by atoms with Gasteiger partial charge in [0.1, 0.15) is 0 Å². The van der Waals surface area contributed by atoms with Gasteiger partial charge in [-0.05, 0) is 19.9 Å². The van der Waals surface area contributed by atoms with Gasteiger partial charge >= 0.3 is 0 Å². The predicted molar refractivity (Wildman–Crippen MR) is 104 cm³/mol. The zero-order chi connectivity index (χ0) is 19.6. The van der Waals surface area contributed by atoms with Crippen molar-refractivity contribution in [1.82, 2.24) is 25.6 Å². The minimum atomic E-state index is -0.406. The lowest BCUT2D eigenvalue weighted by Crippen LogP contribution is -2.43. The molecule has 0 saturated heterocycles. The largest absolute Gasteiger partial charge is 0.273 e. The minimum absolute atomic E-state index is 0.0950. The van der Waals surface area contributed by atoms with Crippen molar-refractivity contribution in [2.75, 3.05) is 0 Å². The molecule has 0 saturated carbocycles. The van der Waals surface area contributed by atoms with Crippen molar-refractivity contribution in [2.24, 2.45) is 5.92 Å². The lowest BCUT2D eigenvalue weighted by molar-refractivity contribution is -0.124. The Morgan fingerprint density at radius 1 is 1.04 bits per heavy atom. The van der Waals surface area contributed by atoms with E-state index >= 15 is 0 Å². The molecule has 2 heterocycles. The van der Waals surface area contributed by atoms with Gasteiger partial charge in [-0.1, -0.05) is 44.2 Å². The van der Waals surface area contributed by atoms with Crippen molar-refractivity contribution in [2.45, 2.75) is 33.7 Å². The highest BCUT2D eigenvalue weighted by Gasteiger charge is 2.19. The first-order valence-corrected chi connectivity index (χ1v) is 8.92. The number of amides is 2. The number of rotatable bonds is 4. The topological polar surface area (TPSA) is 88.9 Å². The van der Waals surface area contributed by atoms with E-state index in [4.69, 9.17) is 4.98 Å². The van der Waals surface area contributed by atoms with E-state index in [1.165, 1.54) is 0 Å². The smallest absolute Gasteiger partial charge is 0.270 e. The number of hydrazine groups is 1. The van der Waals surface area contributed by atoms with Gasteiger partial charge in [0.15, 0.2) is 5.65 Å². The van der Waals surface area contributed by atoms with E-state index in [9.17, 15) is 9.59 Å². The van der Waals surface area contributed by atoms with Gasteiger partial charge in [0, 0.05) is 17.5 Å². The number of carbonyl (C=O) groups excluding carboxylic acids is 2. The van der Waals surface area contributed by atoms with Gasteiger partial charge in [0.25, 0.3) is 5.91 Å². The van der Waals surface area contributed by atoms with Gasteiger partial charge in [-0.15, -0.1) is 0 Å². The maximum absolute atomic E-state index is 12.8. The minimum Gasteiger partial charge on any atom is -0.273 e. The molecular formula is C20H23N5O2. The van der Waals surface area contributed by atoms with E-state index in [1.807, 2.05) is 44.2 Å². The molecule has 0 aliphatic rings. The molecule has 7 heteroatoms. The fraction of sp³-hybridized carbons (Fsp3) is 0.300. The molecule has 0 unspecified atom stereocenters. The van der Waals surface area contributed by atoms with Crippen molar-refractivity contribution in [3.05, 3.63) is 48.2 Å². The first kappa shape index (κ1) is 18.6. The number of hydrogen-bond donors (Lipinski definition) is 2. The summed E-state index contributed by atoms with van der Waals surface area (Å²) in [6.07, 6.45) is 1.64. The Labute approximate surface area is 157 Å². The summed E-state index contributed by atoms with van der Waals surface area (Å²) < 4.78 is 1.78. The fourth-order valence-electron chi connectivity index (χ4n) is 2.67. The Morgan fingerprint density at radius 2 is 1.74 bits per heavy atom. The van der Waals surface area contributed by atoms with E-state index in [-0.39, 0.29) is 17.9 Å². The van der Waals surface area contributed by atoms with Crippen LogP contribution in [0.5, 0.6) is 0 Å². The Kier molecular flexibility index (Phi) is 5.21. The third kappa shape index (κ3) is 3.81. The summed E-state index contributed by atoms with van der Waals surface area (Å²) in [4.78, 5) is 29.3. The summed E-state index contributed by atoms with van der Waals surface area (Å²) in [5, 5.41) is 5.02. The summed E-state index contributed by atoms with van der Waals surface area (Å²) in [7, 11) is 0. The molecule has 0 aliphatic carbocycles. The third-order valence-electron chi connectivity index (χ3n) is 4.19. The summed E-state index contributed by atoms with van der Waals surface area (Å²) >= 11 is 0. The second-order valence-electron chi connectivity index (χ2n) is 6.94. The van der Waals surface area contributed by atoms with Crippen LogP contribution in [-0.4, -0.2) is 26.6 Å². The maximum Gasteiger partial charge on any atom is 0.270 e. The van der Waals surface area contributed by atoms with Crippen LogP contribution in [0.3, 0.4) is 0 Å². The van der Waals surface area contributed by atoms with Crippen LogP contribution in [0.4, 0.5) is 0 Å². The molecule has 140 valence electrons. The standard InChI is InChI=1S/C20H23N5O2/c1-12(2)19(26)23-24-20(27)15-10-17(14-8-6-5-7-9-14)22-18-16(15)11-21-25(18)13(3)4/h5-13H,1-4H3,(H,23,26)(H,24,27). The van der Waals surface area contributed by atoms with Crippen molar-refractivity contribution >= 4 is 22.8 Å². The first-order valence-electron chi connectivity index (χ1n) is 8.92. The van der Waals surface area contributed by atoms with Crippen LogP contribution in [0, 0.1) is 5.92 Å². The van der Waals surface area contributed by atoms with E-state index < -0.39 is 5.91 Å². The quantitative estimate of drug-likeness (QED) is 0.695. The van der Waals surface area contributed by atoms with Gasteiger partial charge in [-0.2, -0.15) is 5.10 Å². The molecule has 0 radical (unpaired) electrons. The van der Waals surface area contributed by atoms with Gasteiger partial charge in [-0.25, -0.2) is 9.67 Å². The highest BCUT2D eigenvalue weighted by atomic mass is 16.2. The number of hydrogen-bond acceptors (Lipinski definition) is 4. The Bertz CT molecular complexity index is 977. The molecule has 3 aromatic rings. The molecule has 27 heavy (non-hydrogen) atoms. The number of aromatic nitrogens is 3. The summed E-state index contributed by atoms with van der Waals surface area (Å²) in [6.45, 7) is 7.52. The second kappa shape index (κ2) is 7.57. The van der Waals surface area contributed by atoms with Gasteiger partial charge in [0.05, 0.1) is 22.8 Å². The summed E-state index contributed by atoms with van der Waals surface area (Å²) in [5.41, 5.74) is 7.55. The van der Waals surface area contributed by atoms with Crippen LogP contribution in [-0.2, 0) is 4.79 Å². The number of pyridine rings is 1. The third-order valence-corrected chi connectivity index (χ3v) is 4.19. The fourth-order valence-corrected chi connectivity index (χ4v) is 2.67. The van der Waals surface area contributed by atoms with Gasteiger partial charge < -0.3 is 0 Å². The van der Waals surface area contributed by atoms with E-state index in [2.05, 4.69) is 16.0 Å². The number of benzene rings is 1. The van der Waals surface area contributed by atoms with Crippen molar-refractivity contribution in [3.63, 3.8) is 0 Å². The normalized spacial score (nSPS) is 11.2. The Hall–Kier alpha value is -3.22. The van der Waals surface area contributed by atoms with Crippen molar-refractivity contribution < 1.29 is 9.59 Å². The second-order valence-corrected chi connectivity index (χ2v) is 6.94. The van der Waals surface area contributed by atoms with Crippen LogP contribution in [0.2, 0.25) is 0 Å². The average molecular weight is 365 g/mol. The number of nitrogens with zero attached hydrogens (tertiary/aromatic N) is 3. The van der Waals surface area contributed by atoms with Crippen LogP contribution in [0.15, 0.2) is 42.6 Å². The van der Waals surface area contributed by atoms with Crippen LogP contribution >= 0.6 is 0 Å². The summed E-state index contributed by atoms with van der Waals surface area (Å²) in [5.74, 6) is -0.891. The van der Waals surface area contributed by atoms with Crippen molar-refractivity contribution in [1.29, 1.82) is 0 Å². The van der Waals surface area contributed by atoms with E-state index in [0.717, 1.165) is 5.56 Å². The average Bonchev–Trinajstić information content (AvgIpc) is 3.09. The molecule has 0 fully saturated rings. The summed E-state index contributed by atoms with van der Waals surface area (Å²) in [6, 6.07) is 11.5. The molecular weight excluding hydrogens is 342 g/mol. The van der Waals surface area contributed by atoms with Crippen molar-refractivity contribution in [3.8, 4) is 11.3 Å². The number of nitrogens with one attached hydrogen (secondary N) is 2. The SMILES string of the molecule is CC(C)C(=O)NNC(=O)c1cc(-c2ccccc2)nc2c1cnn2C(C)C. The maximum atomic E-state index is 12.8. The van der Waals surface area contributed by atoms with E-state index in [1.54, 1.807) is 30.8 Å². The van der Waals surface area contributed by atoms with Crippen LogP contribution < -0.4 is 10.9 Å². The lowest BCUT2D eigenvalue weighted by atomic mass is 10.1. The van der Waals surface area contributed by atoms with Gasteiger partial charge in [-0.3, -0.25) is 20.4 Å². The Morgan fingerprint density at radius 3 is 2.37 bits per heavy atom. The molecule has 0 aliphatic heterocycles. The number of fused-ring (bicyclic) bond motifs is 1. The molecule has 2 amide bonds. The predicted octanol–water partition coefficient (Wildman–Crippen LogP) is 3.10. The Balaban J connectivity index is 2.07. The monoisotopic (exact) mass is 365 g/mol. The van der Waals surface area contributed by atoms with E-state index in [0.29, 0.717) is 22.3 Å². The van der Waals surface area contributed by atoms with Crippen LogP contribution in [0.25, 0.3) is 22.3 Å². The molecule has 0 bridgehead atoms. The highest BCUT2D eigenvalue weighted by Crippen LogP contribution is 2.26.